The Labute approximate surface area is 151 Å². The van der Waals surface area contributed by atoms with E-state index in [0.29, 0.717) is 29.1 Å². The third kappa shape index (κ3) is 5.87. The molecule has 1 aromatic carbocycles. The highest BCUT2D eigenvalue weighted by Gasteiger charge is 2.09. The van der Waals surface area contributed by atoms with Crippen LogP contribution in [0.1, 0.15) is 24.8 Å². The topological polar surface area (TPSA) is 92.4 Å². The Kier molecular flexibility index (Phi) is 7.65. The summed E-state index contributed by atoms with van der Waals surface area (Å²) < 4.78 is 10.9. The van der Waals surface area contributed by atoms with Crippen LogP contribution >= 0.6 is 32.9 Å². The highest BCUT2D eigenvalue weighted by atomic mass is 33.1. The Morgan fingerprint density at radius 1 is 1.54 bits per heavy atom. The first-order valence-electron chi connectivity index (χ1n) is 7.24. The summed E-state index contributed by atoms with van der Waals surface area (Å²) in [7, 11) is 2.97. The number of nitrogens with zero attached hydrogens (tertiary/aromatic N) is 2. The first-order chi connectivity index (χ1) is 11.6. The first-order valence-corrected chi connectivity index (χ1v) is 10.4. The van der Waals surface area contributed by atoms with Crippen LogP contribution in [0.25, 0.3) is 10.2 Å². The number of thiazole rings is 1. The van der Waals surface area contributed by atoms with Gasteiger partial charge in [0.05, 0.1) is 16.8 Å². The molecule has 0 bridgehead atoms. The summed E-state index contributed by atoms with van der Waals surface area (Å²) in [6.45, 7) is 2.18. The van der Waals surface area contributed by atoms with Crippen LogP contribution in [0.15, 0.2) is 18.2 Å². The van der Waals surface area contributed by atoms with Gasteiger partial charge in [-0.15, -0.1) is 11.3 Å². The summed E-state index contributed by atoms with van der Waals surface area (Å²) >= 11 is 1.24. The molecule has 2 aromatic rings. The standard InChI is InChI=1S/C15H16N2O4S3/c1-2-14(18)24-22-7-3-6-20-15(19)21-10-4-5-11-12(8-10)23-13(9-16)17-11/h4-5,8,14,18H,2-3,6-7H2,1H3. The van der Waals surface area contributed by atoms with Gasteiger partial charge in [-0.25, -0.2) is 9.78 Å². The number of benzene rings is 1. The van der Waals surface area contributed by atoms with Crippen LogP contribution in [0.2, 0.25) is 0 Å². The third-order valence-corrected chi connectivity index (χ3v) is 6.42. The Hall–Kier alpha value is -1.47. The maximum absolute atomic E-state index is 11.6. The van der Waals surface area contributed by atoms with E-state index in [9.17, 15) is 9.90 Å². The molecule has 0 aliphatic heterocycles. The predicted octanol–water partition coefficient (Wildman–Crippen LogP) is 4.18. The van der Waals surface area contributed by atoms with E-state index in [0.717, 1.165) is 10.5 Å². The largest absolute Gasteiger partial charge is 0.513 e. The first kappa shape index (κ1) is 18.9. The zero-order valence-corrected chi connectivity index (χ0v) is 15.4. The zero-order valence-electron chi connectivity index (χ0n) is 12.9. The molecule has 0 aliphatic carbocycles. The molecule has 1 atom stereocenters. The normalized spacial score (nSPS) is 11.9. The molecule has 1 unspecified atom stereocenters. The molecular formula is C15H16N2O4S3. The van der Waals surface area contributed by atoms with Crippen molar-refractivity contribution in [2.24, 2.45) is 0 Å². The lowest BCUT2D eigenvalue weighted by Gasteiger charge is -2.07. The van der Waals surface area contributed by atoms with Crippen molar-refractivity contribution >= 4 is 49.3 Å². The van der Waals surface area contributed by atoms with Gasteiger partial charge in [-0.3, -0.25) is 0 Å². The Balaban J connectivity index is 1.71. The number of nitriles is 1. The quantitative estimate of drug-likeness (QED) is 0.238. The Morgan fingerprint density at radius 2 is 2.38 bits per heavy atom. The highest BCUT2D eigenvalue weighted by molar-refractivity contribution is 8.76. The van der Waals surface area contributed by atoms with E-state index in [4.69, 9.17) is 14.7 Å². The highest BCUT2D eigenvalue weighted by Crippen LogP contribution is 2.28. The summed E-state index contributed by atoms with van der Waals surface area (Å²) in [5.74, 6) is 1.13. The maximum Gasteiger partial charge on any atom is 0.513 e. The van der Waals surface area contributed by atoms with E-state index < -0.39 is 6.16 Å². The number of carbonyl (C=O) groups excluding carboxylic acids is 1. The van der Waals surface area contributed by atoms with Gasteiger partial charge in [0, 0.05) is 11.8 Å². The second-order valence-corrected chi connectivity index (χ2v) is 8.29. The molecular weight excluding hydrogens is 368 g/mol. The zero-order chi connectivity index (χ0) is 17.4. The van der Waals surface area contributed by atoms with Crippen molar-refractivity contribution < 1.29 is 19.4 Å². The molecule has 1 heterocycles. The monoisotopic (exact) mass is 384 g/mol. The molecule has 128 valence electrons. The fourth-order valence-electron chi connectivity index (χ4n) is 1.61. The minimum atomic E-state index is -0.759. The second-order valence-electron chi connectivity index (χ2n) is 4.60. The summed E-state index contributed by atoms with van der Waals surface area (Å²) in [6.07, 6.45) is 0.633. The fraction of sp³-hybridized carbons (Fsp3) is 0.400. The van der Waals surface area contributed by atoms with Gasteiger partial charge in [-0.1, -0.05) is 28.5 Å². The van der Waals surface area contributed by atoms with E-state index in [1.165, 1.54) is 22.1 Å². The summed E-state index contributed by atoms with van der Waals surface area (Å²) in [5.41, 5.74) is 0.338. The summed E-state index contributed by atoms with van der Waals surface area (Å²) in [5, 5.41) is 18.6. The number of aliphatic hydroxyl groups is 1. The molecule has 0 saturated heterocycles. The minimum Gasteiger partial charge on any atom is -0.434 e. The van der Waals surface area contributed by atoms with Gasteiger partial charge in [0.15, 0.2) is 5.01 Å². The second kappa shape index (κ2) is 9.74. The van der Waals surface area contributed by atoms with Gasteiger partial charge in [-0.05, 0) is 25.0 Å². The molecule has 2 rings (SSSR count). The van der Waals surface area contributed by atoms with Crippen molar-refractivity contribution in [2.75, 3.05) is 12.4 Å². The number of fused-ring (bicyclic) bond motifs is 1. The molecule has 0 fully saturated rings. The van der Waals surface area contributed by atoms with Gasteiger partial charge in [0.25, 0.3) is 0 Å². The molecule has 6 nitrogen and oxygen atoms in total. The Bertz CT molecular complexity index is 729. The van der Waals surface area contributed by atoms with E-state index in [2.05, 4.69) is 4.98 Å². The number of aromatic nitrogens is 1. The lowest BCUT2D eigenvalue weighted by molar-refractivity contribution is 0.0995. The average molecular weight is 385 g/mol. The molecule has 1 N–H and O–H groups in total. The molecule has 0 spiro atoms. The van der Waals surface area contributed by atoms with Crippen LogP contribution in [0.5, 0.6) is 5.75 Å². The number of aliphatic hydroxyl groups excluding tert-OH is 1. The molecule has 0 aliphatic rings. The predicted molar refractivity (Wildman–Crippen MR) is 97.3 cm³/mol. The van der Waals surface area contributed by atoms with Gasteiger partial charge in [0.1, 0.15) is 17.3 Å². The molecule has 24 heavy (non-hydrogen) atoms. The van der Waals surface area contributed by atoms with E-state index >= 15 is 0 Å². The number of hydrogen-bond donors (Lipinski definition) is 1. The molecule has 0 amide bonds. The Morgan fingerprint density at radius 3 is 3.12 bits per heavy atom. The van der Waals surface area contributed by atoms with Crippen molar-refractivity contribution in [3.63, 3.8) is 0 Å². The third-order valence-electron chi connectivity index (χ3n) is 2.78. The number of carbonyl (C=O) groups is 1. The molecule has 9 heteroatoms. The van der Waals surface area contributed by atoms with Crippen molar-refractivity contribution in [1.82, 2.24) is 4.98 Å². The minimum absolute atomic E-state index is 0.260. The fourth-order valence-corrected chi connectivity index (χ4v) is 4.55. The van der Waals surface area contributed by atoms with Crippen molar-refractivity contribution in [2.45, 2.75) is 25.2 Å². The van der Waals surface area contributed by atoms with Gasteiger partial charge in [-0.2, -0.15) is 5.26 Å². The SMILES string of the molecule is CCC(O)SSCCCOC(=O)Oc1ccc2nc(C#N)sc2c1. The van der Waals surface area contributed by atoms with E-state index in [-0.39, 0.29) is 12.0 Å². The van der Waals surface area contributed by atoms with Gasteiger partial charge >= 0.3 is 6.16 Å². The lowest BCUT2D eigenvalue weighted by Crippen LogP contribution is -2.11. The van der Waals surface area contributed by atoms with Crippen LogP contribution in [0.3, 0.4) is 0 Å². The number of rotatable bonds is 8. The van der Waals surface area contributed by atoms with Gasteiger partial charge in [0.2, 0.25) is 0 Å². The van der Waals surface area contributed by atoms with Crippen LogP contribution in [0, 0.1) is 11.3 Å². The maximum atomic E-state index is 11.6. The van der Waals surface area contributed by atoms with Crippen molar-refractivity contribution in [3.05, 3.63) is 23.2 Å². The van der Waals surface area contributed by atoms with E-state index in [1.807, 2.05) is 13.0 Å². The average Bonchev–Trinajstić information content (AvgIpc) is 3.00. The van der Waals surface area contributed by atoms with Crippen molar-refractivity contribution in [3.8, 4) is 11.8 Å². The van der Waals surface area contributed by atoms with Crippen LogP contribution in [-0.4, -0.2) is 34.0 Å². The summed E-state index contributed by atoms with van der Waals surface area (Å²) in [4.78, 5) is 15.7. The molecule has 0 radical (unpaired) electrons. The van der Waals surface area contributed by atoms with Crippen LogP contribution in [0.4, 0.5) is 4.79 Å². The molecule has 1 aromatic heterocycles. The smallest absolute Gasteiger partial charge is 0.434 e. The summed E-state index contributed by atoms with van der Waals surface area (Å²) in [6, 6.07) is 6.96. The van der Waals surface area contributed by atoms with Crippen molar-refractivity contribution in [1.29, 1.82) is 5.26 Å². The van der Waals surface area contributed by atoms with Crippen LogP contribution in [-0.2, 0) is 4.74 Å². The number of hydrogen-bond acceptors (Lipinski definition) is 9. The van der Waals surface area contributed by atoms with Crippen LogP contribution < -0.4 is 4.74 Å². The van der Waals surface area contributed by atoms with Gasteiger partial charge < -0.3 is 14.6 Å². The number of ether oxygens (including phenoxy) is 2. The van der Waals surface area contributed by atoms with E-state index in [1.54, 1.807) is 29.0 Å². The molecule has 0 saturated carbocycles. The lowest BCUT2D eigenvalue weighted by atomic mass is 10.3.